The maximum absolute atomic E-state index is 4.98. The van der Waals surface area contributed by atoms with Crippen LogP contribution in [0.5, 0.6) is 0 Å². The minimum Gasteiger partial charge on any atom is -0.407 e. The van der Waals surface area contributed by atoms with Crippen molar-refractivity contribution in [2.75, 3.05) is 6.26 Å². The van der Waals surface area contributed by atoms with Crippen LogP contribution in [0, 0.1) is 5.92 Å². The zero-order valence-electron chi connectivity index (χ0n) is 10.8. The molecule has 0 aromatic carbocycles. The largest absolute Gasteiger partial charge is 0.407 e. The second-order valence-electron chi connectivity index (χ2n) is 3.57. The van der Waals surface area contributed by atoms with E-state index in [1.165, 1.54) is 12.0 Å². The molecule has 0 aliphatic heterocycles. The van der Waals surface area contributed by atoms with E-state index in [4.69, 9.17) is 4.18 Å². The molecule has 0 aliphatic carbocycles. The van der Waals surface area contributed by atoms with Gasteiger partial charge in [-0.1, -0.05) is 26.5 Å². The summed E-state index contributed by atoms with van der Waals surface area (Å²) in [6.07, 6.45) is 6.23. The molecule has 0 aromatic heterocycles. The number of rotatable bonds is 6. The lowest BCUT2D eigenvalue weighted by molar-refractivity contribution is 0.499. The molecule has 0 atom stereocenters. The van der Waals surface area contributed by atoms with Crippen LogP contribution in [-0.2, 0) is 4.18 Å². The van der Waals surface area contributed by atoms with Crippen LogP contribution in [0.3, 0.4) is 0 Å². The first kappa shape index (κ1) is 17.4. The van der Waals surface area contributed by atoms with Gasteiger partial charge in [0.15, 0.2) is 0 Å². The average molecular weight is 241 g/mol. The molecule has 2 nitrogen and oxygen atoms in total. The smallest absolute Gasteiger partial charge is 0.220 e. The summed E-state index contributed by atoms with van der Waals surface area (Å²) in [5, 5.41) is 0. The van der Waals surface area contributed by atoms with Crippen molar-refractivity contribution < 1.29 is 4.18 Å². The standard InChI is InChI=1S/C10H17NOS.C3H6/c1-8(2)6-9(3)7-11-10(4)12-13-5;1-3-2/h7-8H,3-4,6H2,1-2,5H3;3H,1H2,2H3/b11-7+;. The summed E-state index contributed by atoms with van der Waals surface area (Å²) < 4.78 is 4.98. The quantitative estimate of drug-likeness (QED) is 0.293. The summed E-state index contributed by atoms with van der Waals surface area (Å²) in [6, 6.07) is 0. The van der Waals surface area contributed by atoms with E-state index in [9.17, 15) is 0 Å². The molecule has 3 heteroatoms. The van der Waals surface area contributed by atoms with Crippen molar-refractivity contribution in [3.63, 3.8) is 0 Å². The van der Waals surface area contributed by atoms with E-state index in [2.05, 4.69) is 38.6 Å². The molecule has 92 valence electrons. The Labute approximate surface area is 104 Å². The third-order valence-electron chi connectivity index (χ3n) is 1.24. The summed E-state index contributed by atoms with van der Waals surface area (Å²) >= 11 is 1.23. The maximum Gasteiger partial charge on any atom is 0.220 e. The molecule has 0 N–H and O–H groups in total. The van der Waals surface area contributed by atoms with E-state index < -0.39 is 0 Å². The van der Waals surface area contributed by atoms with E-state index >= 15 is 0 Å². The molecule has 0 bridgehead atoms. The van der Waals surface area contributed by atoms with Crippen LogP contribution in [0.1, 0.15) is 27.2 Å². The van der Waals surface area contributed by atoms with Crippen LogP contribution in [0.4, 0.5) is 0 Å². The zero-order chi connectivity index (χ0) is 13.0. The summed E-state index contributed by atoms with van der Waals surface area (Å²) in [7, 11) is 0. The minimum atomic E-state index is 0.414. The van der Waals surface area contributed by atoms with Crippen molar-refractivity contribution in [3.05, 3.63) is 37.3 Å². The van der Waals surface area contributed by atoms with Crippen LogP contribution in [0.25, 0.3) is 0 Å². The van der Waals surface area contributed by atoms with Crippen molar-refractivity contribution >= 4 is 18.3 Å². The highest BCUT2D eigenvalue weighted by Gasteiger charge is 1.95. The van der Waals surface area contributed by atoms with Gasteiger partial charge in [-0.2, -0.15) is 0 Å². The van der Waals surface area contributed by atoms with Crippen molar-refractivity contribution in [2.24, 2.45) is 10.9 Å². The molecule has 0 saturated carbocycles. The minimum absolute atomic E-state index is 0.414. The molecule has 0 spiro atoms. The Kier molecular flexibility index (Phi) is 13.2. The van der Waals surface area contributed by atoms with E-state index in [1.807, 2.05) is 13.2 Å². The molecule has 0 heterocycles. The lowest BCUT2D eigenvalue weighted by Crippen LogP contribution is -1.91. The fourth-order valence-electron chi connectivity index (χ4n) is 0.858. The molecule has 0 aromatic rings. The van der Waals surface area contributed by atoms with Crippen LogP contribution >= 0.6 is 12.0 Å². The SMILES string of the molecule is C=C(/C=N/C(=C)OSC)CC(C)C.C=CC. The number of hydrogen-bond donors (Lipinski definition) is 0. The first-order valence-corrected chi connectivity index (χ1v) is 6.31. The van der Waals surface area contributed by atoms with Crippen molar-refractivity contribution in [3.8, 4) is 0 Å². The predicted molar refractivity (Wildman–Crippen MR) is 76.7 cm³/mol. The van der Waals surface area contributed by atoms with Crippen molar-refractivity contribution in [1.82, 2.24) is 0 Å². The molecule has 0 unspecified atom stereocenters. The Bertz CT molecular complexity index is 244. The molecule has 0 radical (unpaired) electrons. The Morgan fingerprint density at radius 2 is 1.94 bits per heavy atom. The molecule has 0 saturated heterocycles. The zero-order valence-corrected chi connectivity index (χ0v) is 11.6. The van der Waals surface area contributed by atoms with Gasteiger partial charge in [0.1, 0.15) is 0 Å². The highest BCUT2D eigenvalue weighted by molar-refractivity contribution is 7.94. The molecular weight excluding hydrogens is 218 g/mol. The van der Waals surface area contributed by atoms with Gasteiger partial charge in [-0.15, -0.1) is 6.58 Å². The van der Waals surface area contributed by atoms with Crippen LogP contribution in [0.15, 0.2) is 42.3 Å². The topological polar surface area (TPSA) is 21.6 Å². The third-order valence-corrected chi connectivity index (χ3v) is 1.60. The van der Waals surface area contributed by atoms with Gasteiger partial charge in [0.2, 0.25) is 5.88 Å². The van der Waals surface area contributed by atoms with Gasteiger partial charge in [-0.25, -0.2) is 4.99 Å². The van der Waals surface area contributed by atoms with Crippen molar-refractivity contribution in [1.29, 1.82) is 0 Å². The molecular formula is C13H23NOS. The predicted octanol–water partition coefficient (Wildman–Crippen LogP) is 4.62. The fourth-order valence-corrected chi connectivity index (χ4v) is 1.09. The van der Waals surface area contributed by atoms with Gasteiger partial charge in [0.05, 0.1) is 12.0 Å². The Hall–Kier alpha value is -0.960. The van der Waals surface area contributed by atoms with Crippen molar-refractivity contribution in [2.45, 2.75) is 27.2 Å². The summed E-state index contributed by atoms with van der Waals surface area (Å²) in [5.41, 5.74) is 1.00. The van der Waals surface area contributed by atoms with E-state index in [0.717, 1.165) is 12.0 Å². The molecule has 0 rings (SSSR count). The van der Waals surface area contributed by atoms with Crippen LogP contribution in [-0.4, -0.2) is 12.5 Å². The summed E-state index contributed by atoms with van der Waals surface area (Å²) in [6.45, 7) is 17.0. The number of nitrogens with zero attached hydrogens (tertiary/aromatic N) is 1. The van der Waals surface area contributed by atoms with Gasteiger partial charge >= 0.3 is 0 Å². The Morgan fingerprint density at radius 3 is 2.31 bits per heavy atom. The maximum atomic E-state index is 4.98. The van der Waals surface area contributed by atoms with Gasteiger partial charge in [0, 0.05) is 12.5 Å². The first-order valence-electron chi connectivity index (χ1n) is 5.16. The van der Waals surface area contributed by atoms with Gasteiger partial charge in [-0.3, -0.25) is 0 Å². The fraction of sp³-hybridized carbons (Fsp3) is 0.462. The second-order valence-corrected chi connectivity index (χ2v) is 4.07. The highest BCUT2D eigenvalue weighted by atomic mass is 32.2. The van der Waals surface area contributed by atoms with Gasteiger partial charge in [-0.05, 0) is 31.4 Å². The molecule has 0 aliphatic rings. The number of allylic oxidation sites excluding steroid dienone is 2. The summed E-state index contributed by atoms with van der Waals surface area (Å²) in [5.74, 6) is 1.02. The van der Waals surface area contributed by atoms with Crippen LogP contribution in [0.2, 0.25) is 0 Å². The van der Waals surface area contributed by atoms with Gasteiger partial charge < -0.3 is 4.18 Å². The highest BCUT2D eigenvalue weighted by Crippen LogP contribution is 2.09. The molecule has 0 amide bonds. The number of aliphatic imine (C=N–C) groups is 1. The lowest BCUT2D eigenvalue weighted by atomic mass is 10.1. The number of hydrogen-bond acceptors (Lipinski definition) is 3. The molecule has 0 fully saturated rings. The normalized spacial score (nSPS) is 9.56. The van der Waals surface area contributed by atoms with Crippen LogP contribution < -0.4 is 0 Å². The van der Waals surface area contributed by atoms with E-state index in [0.29, 0.717) is 11.8 Å². The Balaban J connectivity index is 0. The second kappa shape index (κ2) is 12.1. The van der Waals surface area contributed by atoms with E-state index in [-0.39, 0.29) is 0 Å². The van der Waals surface area contributed by atoms with Gasteiger partial charge in [0.25, 0.3) is 0 Å². The lowest BCUT2D eigenvalue weighted by Gasteiger charge is -2.03. The monoisotopic (exact) mass is 241 g/mol. The first-order chi connectivity index (χ1) is 7.47. The molecule has 16 heavy (non-hydrogen) atoms. The average Bonchev–Trinajstić information content (AvgIpc) is 2.15. The Morgan fingerprint density at radius 1 is 1.44 bits per heavy atom. The third kappa shape index (κ3) is 15.5. The van der Waals surface area contributed by atoms with E-state index in [1.54, 1.807) is 12.3 Å². The summed E-state index contributed by atoms with van der Waals surface area (Å²) in [4.78, 5) is 4.00.